The van der Waals surface area contributed by atoms with Gasteiger partial charge in [-0.3, -0.25) is 9.89 Å². The summed E-state index contributed by atoms with van der Waals surface area (Å²) in [7, 11) is 2.94. The molecule has 4 aromatic rings. The molecule has 6 nitrogen and oxygen atoms in total. The first-order chi connectivity index (χ1) is 15.6. The number of hydrogen-bond acceptors (Lipinski definition) is 4. The first-order valence-electron chi connectivity index (χ1n) is 9.99. The van der Waals surface area contributed by atoms with Gasteiger partial charge < -0.3 is 14.8 Å². The third-order valence-corrected chi connectivity index (χ3v) is 5.06. The normalized spacial score (nSPS) is 11.1. The molecule has 0 aliphatic carbocycles. The maximum Gasteiger partial charge on any atom is 0.255 e. The third-order valence-electron chi connectivity index (χ3n) is 5.06. The third kappa shape index (κ3) is 4.32. The van der Waals surface area contributed by atoms with E-state index < -0.39 is 5.82 Å². The standard InChI is InChI=1S/C25H22FN3O3/c1-31-22-13-9-16(14-19(22)26)8-11-20-23-21(29-28-20)12-10-18(24(23)32-2)25(30)27-15-17-6-4-3-5-7-17/h3-14H,15H2,1-2H3,(H,27,30)(H,28,29). The number of aromatic amines is 1. The summed E-state index contributed by atoms with van der Waals surface area (Å²) in [6, 6.07) is 17.8. The van der Waals surface area contributed by atoms with Crippen LogP contribution < -0.4 is 14.8 Å². The molecule has 0 atom stereocenters. The van der Waals surface area contributed by atoms with Crippen molar-refractivity contribution in [2.75, 3.05) is 14.2 Å². The number of carbonyl (C=O) groups is 1. The van der Waals surface area contributed by atoms with Gasteiger partial charge in [0.1, 0.15) is 5.75 Å². The number of amides is 1. The molecule has 2 N–H and O–H groups in total. The lowest BCUT2D eigenvalue weighted by Gasteiger charge is -2.11. The minimum Gasteiger partial charge on any atom is -0.495 e. The quantitative estimate of drug-likeness (QED) is 0.440. The number of aromatic nitrogens is 2. The van der Waals surface area contributed by atoms with Crippen LogP contribution in [-0.2, 0) is 6.54 Å². The van der Waals surface area contributed by atoms with Gasteiger partial charge in [0.05, 0.1) is 36.4 Å². The van der Waals surface area contributed by atoms with Crippen molar-refractivity contribution in [2.24, 2.45) is 0 Å². The van der Waals surface area contributed by atoms with Gasteiger partial charge in [-0.15, -0.1) is 0 Å². The average Bonchev–Trinajstić information content (AvgIpc) is 3.24. The fourth-order valence-corrected chi connectivity index (χ4v) is 3.45. The van der Waals surface area contributed by atoms with Crippen LogP contribution in [0, 0.1) is 5.82 Å². The van der Waals surface area contributed by atoms with Crippen LogP contribution in [0.2, 0.25) is 0 Å². The molecule has 0 aliphatic heterocycles. The van der Waals surface area contributed by atoms with Crippen molar-refractivity contribution < 1.29 is 18.7 Å². The summed E-state index contributed by atoms with van der Waals surface area (Å²) in [6.07, 6.45) is 3.52. The van der Waals surface area contributed by atoms with E-state index in [0.717, 1.165) is 5.56 Å². The fourth-order valence-electron chi connectivity index (χ4n) is 3.45. The van der Waals surface area contributed by atoms with E-state index in [-0.39, 0.29) is 11.7 Å². The van der Waals surface area contributed by atoms with E-state index in [1.165, 1.54) is 20.3 Å². The molecule has 1 heterocycles. The summed E-state index contributed by atoms with van der Waals surface area (Å²) >= 11 is 0. The Hall–Kier alpha value is -4.13. The van der Waals surface area contributed by atoms with Crippen molar-refractivity contribution >= 4 is 29.0 Å². The Morgan fingerprint density at radius 1 is 1.06 bits per heavy atom. The Kier molecular flexibility index (Phi) is 6.17. The second kappa shape index (κ2) is 9.34. The van der Waals surface area contributed by atoms with Crippen LogP contribution in [0.15, 0.2) is 60.7 Å². The van der Waals surface area contributed by atoms with Crippen LogP contribution in [0.4, 0.5) is 4.39 Å². The molecule has 0 spiro atoms. The second-order valence-corrected chi connectivity index (χ2v) is 7.07. The predicted octanol–water partition coefficient (Wildman–Crippen LogP) is 4.82. The second-order valence-electron chi connectivity index (χ2n) is 7.07. The molecule has 0 aliphatic rings. The summed E-state index contributed by atoms with van der Waals surface area (Å²) in [4.78, 5) is 12.9. The highest BCUT2D eigenvalue weighted by atomic mass is 19.1. The van der Waals surface area contributed by atoms with E-state index in [9.17, 15) is 9.18 Å². The molecular formula is C25H22FN3O3. The summed E-state index contributed by atoms with van der Waals surface area (Å²) in [5, 5.41) is 10.8. The number of methoxy groups -OCH3 is 2. The Morgan fingerprint density at radius 3 is 2.59 bits per heavy atom. The average molecular weight is 431 g/mol. The number of fused-ring (bicyclic) bond motifs is 1. The van der Waals surface area contributed by atoms with Crippen molar-refractivity contribution in [3.8, 4) is 11.5 Å². The predicted molar refractivity (Wildman–Crippen MR) is 122 cm³/mol. The van der Waals surface area contributed by atoms with Gasteiger partial charge in [-0.25, -0.2) is 4.39 Å². The Labute approximate surface area is 184 Å². The van der Waals surface area contributed by atoms with Crippen molar-refractivity contribution in [1.29, 1.82) is 0 Å². The highest BCUT2D eigenvalue weighted by Gasteiger charge is 2.18. The summed E-state index contributed by atoms with van der Waals surface area (Å²) in [6.45, 7) is 0.405. The smallest absolute Gasteiger partial charge is 0.255 e. The van der Waals surface area contributed by atoms with Gasteiger partial charge in [-0.1, -0.05) is 42.5 Å². The molecule has 0 fully saturated rings. The maximum absolute atomic E-state index is 14.0. The SMILES string of the molecule is COc1ccc(C=Cc2[nH]nc3ccc(C(=O)NCc4ccccc4)c(OC)c23)cc1F. The summed E-state index contributed by atoms with van der Waals surface area (Å²) in [5.74, 6) is -0.0932. The molecule has 0 bridgehead atoms. The van der Waals surface area contributed by atoms with Crippen LogP contribution in [0.25, 0.3) is 23.1 Å². The van der Waals surface area contributed by atoms with Crippen molar-refractivity contribution in [3.63, 3.8) is 0 Å². The van der Waals surface area contributed by atoms with Crippen molar-refractivity contribution in [3.05, 3.63) is 88.9 Å². The molecule has 32 heavy (non-hydrogen) atoms. The number of nitrogens with zero attached hydrogens (tertiary/aromatic N) is 1. The zero-order chi connectivity index (χ0) is 22.5. The van der Waals surface area contributed by atoms with Crippen molar-refractivity contribution in [2.45, 2.75) is 6.54 Å². The molecule has 4 rings (SSSR count). The first-order valence-corrected chi connectivity index (χ1v) is 9.99. The molecule has 7 heteroatoms. The molecular weight excluding hydrogens is 409 g/mol. The summed E-state index contributed by atoms with van der Waals surface area (Å²) in [5.41, 5.74) is 3.36. The molecule has 1 aromatic heterocycles. The number of benzene rings is 3. The first kappa shape index (κ1) is 21.1. The van der Waals surface area contributed by atoms with Crippen LogP contribution in [0.5, 0.6) is 11.5 Å². The monoisotopic (exact) mass is 431 g/mol. The fraction of sp³-hybridized carbons (Fsp3) is 0.120. The molecule has 0 radical (unpaired) electrons. The molecule has 0 unspecified atom stereocenters. The van der Waals surface area contributed by atoms with Crippen LogP contribution in [0.3, 0.4) is 0 Å². The van der Waals surface area contributed by atoms with Gasteiger partial charge >= 0.3 is 0 Å². The van der Waals surface area contributed by atoms with Crippen LogP contribution in [0.1, 0.15) is 27.2 Å². The molecule has 162 valence electrons. The Morgan fingerprint density at radius 2 is 1.88 bits per heavy atom. The van der Waals surface area contributed by atoms with Crippen molar-refractivity contribution in [1.82, 2.24) is 15.5 Å². The van der Waals surface area contributed by atoms with E-state index in [2.05, 4.69) is 15.5 Å². The zero-order valence-electron chi connectivity index (χ0n) is 17.7. The lowest BCUT2D eigenvalue weighted by molar-refractivity contribution is 0.0948. The minimum absolute atomic E-state index is 0.182. The van der Waals surface area contributed by atoms with Gasteiger partial charge in [-0.2, -0.15) is 5.10 Å². The topological polar surface area (TPSA) is 76.2 Å². The largest absolute Gasteiger partial charge is 0.495 e. The van der Waals surface area contributed by atoms with E-state index in [4.69, 9.17) is 9.47 Å². The van der Waals surface area contributed by atoms with Gasteiger partial charge in [0.15, 0.2) is 11.6 Å². The zero-order valence-corrected chi connectivity index (χ0v) is 17.7. The van der Waals surface area contributed by atoms with E-state index in [1.54, 1.807) is 36.4 Å². The lowest BCUT2D eigenvalue weighted by Crippen LogP contribution is -2.23. The van der Waals surface area contributed by atoms with Crippen LogP contribution in [-0.4, -0.2) is 30.3 Å². The van der Waals surface area contributed by atoms with Gasteiger partial charge in [-0.05, 0) is 41.5 Å². The molecule has 0 saturated heterocycles. The number of halogens is 1. The number of rotatable bonds is 7. The number of ether oxygens (including phenoxy) is 2. The summed E-state index contributed by atoms with van der Waals surface area (Å²) < 4.78 is 24.5. The Bertz CT molecular complexity index is 1280. The Balaban J connectivity index is 1.63. The molecule has 0 saturated carbocycles. The minimum atomic E-state index is -0.445. The molecule has 3 aromatic carbocycles. The number of carbonyl (C=O) groups excluding carboxylic acids is 1. The van der Waals surface area contributed by atoms with E-state index in [1.807, 2.05) is 30.3 Å². The van der Waals surface area contributed by atoms with E-state index >= 15 is 0 Å². The number of H-pyrrole nitrogens is 1. The van der Waals surface area contributed by atoms with Crippen LogP contribution >= 0.6 is 0 Å². The van der Waals surface area contributed by atoms with Gasteiger partial charge in [0.25, 0.3) is 5.91 Å². The highest BCUT2D eigenvalue weighted by molar-refractivity contribution is 6.05. The van der Waals surface area contributed by atoms with E-state index in [0.29, 0.717) is 40.0 Å². The number of hydrogen-bond donors (Lipinski definition) is 2. The molecule has 1 amide bonds. The maximum atomic E-state index is 14.0. The number of nitrogens with one attached hydrogen (secondary N) is 2. The lowest BCUT2D eigenvalue weighted by atomic mass is 10.1. The highest BCUT2D eigenvalue weighted by Crippen LogP contribution is 2.32. The van der Waals surface area contributed by atoms with Gasteiger partial charge in [0, 0.05) is 6.54 Å². The van der Waals surface area contributed by atoms with Gasteiger partial charge in [0.2, 0.25) is 0 Å².